The topological polar surface area (TPSA) is 102 Å². The van der Waals surface area contributed by atoms with Gasteiger partial charge >= 0.3 is 0 Å². The molecule has 1 unspecified atom stereocenters. The average molecular weight is 421 g/mol. The van der Waals surface area contributed by atoms with Crippen LogP contribution in [0.15, 0.2) is 46.2 Å². The molecule has 0 N–H and O–H groups in total. The van der Waals surface area contributed by atoms with E-state index in [0.29, 0.717) is 30.3 Å². The van der Waals surface area contributed by atoms with Gasteiger partial charge in [-0.2, -0.15) is 9.29 Å². The number of hydrogen-bond acceptors (Lipinski definition) is 7. The lowest BCUT2D eigenvalue weighted by atomic mass is 9.96. The third-order valence-corrected chi connectivity index (χ3v) is 6.64. The number of nitrogens with zero attached hydrogens (tertiary/aromatic N) is 5. The zero-order valence-electron chi connectivity index (χ0n) is 15.2. The minimum Gasteiger partial charge on any atom is -0.339 e. The average Bonchev–Trinajstić information content (AvgIpc) is 3.17. The van der Waals surface area contributed by atoms with Crippen LogP contribution in [0.1, 0.15) is 18.7 Å². The Morgan fingerprint density at radius 2 is 2.00 bits per heavy atom. The summed E-state index contributed by atoms with van der Waals surface area (Å²) in [7, 11) is -4.29. The van der Waals surface area contributed by atoms with Gasteiger partial charge in [0.2, 0.25) is 21.7 Å². The van der Waals surface area contributed by atoms with Crippen LogP contribution in [0.5, 0.6) is 0 Å². The number of sulfonamides is 1. The first-order valence-corrected chi connectivity index (χ1v) is 10.4. The molecule has 2 aromatic heterocycles. The lowest BCUT2D eigenvalue weighted by Crippen LogP contribution is -2.41. The Balaban J connectivity index is 1.50. The first-order valence-electron chi connectivity index (χ1n) is 8.98. The largest absolute Gasteiger partial charge is 0.339 e. The van der Waals surface area contributed by atoms with Crippen molar-refractivity contribution in [1.82, 2.24) is 24.4 Å². The third-order valence-electron chi connectivity index (χ3n) is 4.72. The van der Waals surface area contributed by atoms with Crippen molar-refractivity contribution < 1.29 is 21.7 Å². The van der Waals surface area contributed by atoms with Crippen LogP contribution in [0.25, 0.3) is 11.5 Å². The second-order valence-corrected chi connectivity index (χ2v) is 8.60. The monoisotopic (exact) mass is 421 g/mol. The van der Waals surface area contributed by atoms with Gasteiger partial charge in [-0.15, -0.1) is 0 Å². The van der Waals surface area contributed by atoms with Crippen LogP contribution in [0.3, 0.4) is 0 Å². The normalized spacial score (nSPS) is 18.1. The van der Waals surface area contributed by atoms with Crippen LogP contribution in [-0.2, 0) is 16.4 Å². The second kappa shape index (κ2) is 7.91. The Bertz CT molecular complexity index is 1090. The summed E-state index contributed by atoms with van der Waals surface area (Å²) in [5.41, 5.74) is 0.463. The minimum atomic E-state index is -4.29. The van der Waals surface area contributed by atoms with Crippen LogP contribution < -0.4 is 0 Å². The summed E-state index contributed by atoms with van der Waals surface area (Å²) in [5, 5.41) is 3.87. The molecule has 0 bridgehead atoms. The van der Waals surface area contributed by atoms with Crippen molar-refractivity contribution in [1.29, 1.82) is 0 Å². The van der Waals surface area contributed by atoms with Crippen molar-refractivity contribution in [2.24, 2.45) is 5.92 Å². The molecule has 8 nitrogen and oxygen atoms in total. The molecule has 0 radical (unpaired) electrons. The van der Waals surface area contributed by atoms with Crippen LogP contribution in [-0.4, -0.2) is 45.9 Å². The predicted octanol–water partition coefficient (Wildman–Crippen LogP) is 2.45. The van der Waals surface area contributed by atoms with E-state index in [1.54, 1.807) is 0 Å². The van der Waals surface area contributed by atoms with Gasteiger partial charge in [0.05, 0.1) is 6.20 Å². The van der Waals surface area contributed by atoms with Crippen molar-refractivity contribution in [2.75, 3.05) is 13.1 Å². The standard InChI is InChI=1S/C18H17F2N5O3S/c19-13-4-1-5-14(20)17(13)29(26,27)25-8-2-3-12(11-25)9-16-23-18(24-28-16)15-10-21-6-7-22-15/h1,4-7,10,12H,2-3,8-9,11H2. The fraction of sp³-hybridized carbons (Fsp3) is 0.333. The van der Waals surface area contributed by atoms with E-state index in [0.717, 1.165) is 28.9 Å². The maximum absolute atomic E-state index is 14.0. The van der Waals surface area contributed by atoms with Crippen LogP contribution >= 0.6 is 0 Å². The van der Waals surface area contributed by atoms with Gasteiger partial charge in [-0.1, -0.05) is 11.2 Å². The molecule has 11 heteroatoms. The van der Waals surface area contributed by atoms with Gasteiger partial charge in [0.15, 0.2) is 4.90 Å². The number of hydrogen-bond donors (Lipinski definition) is 0. The van der Waals surface area contributed by atoms with Gasteiger partial charge in [0.25, 0.3) is 0 Å². The molecule has 1 saturated heterocycles. The number of rotatable bonds is 5. The Kier molecular flexibility index (Phi) is 5.33. The molecule has 1 aliphatic heterocycles. The predicted molar refractivity (Wildman–Crippen MR) is 96.9 cm³/mol. The molecule has 1 fully saturated rings. The Hall–Kier alpha value is -2.79. The summed E-state index contributed by atoms with van der Waals surface area (Å²) in [6.45, 7) is 0.306. The molecule has 1 atom stereocenters. The van der Waals surface area contributed by atoms with E-state index in [1.165, 1.54) is 18.6 Å². The van der Waals surface area contributed by atoms with Crippen molar-refractivity contribution in [3.63, 3.8) is 0 Å². The number of piperidine rings is 1. The molecule has 1 aliphatic rings. The Labute approximate surface area is 165 Å². The van der Waals surface area contributed by atoms with Crippen LogP contribution in [0, 0.1) is 17.6 Å². The van der Waals surface area contributed by atoms with Gasteiger partial charge in [0, 0.05) is 31.9 Å². The van der Waals surface area contributed by atoms with Gasteiger partial charge in [-0.05, 0) is 30.9 Å². The summed E-state index contributed by atoms with van der Waals surface area (Å²) in [4.78, 5) is 11.4. The highest BCUT2D eigenvalue weighted by Crippen LogP contribution is 2.28. The zero-order chi connectivity index (χ0) is 20.4. The van der Waals surface area contributed by atoms with Crippen LogP contribution in [0.2, 0.25) is 0 Å². The molecule has 3 aromatic rings. The molecule has 0 spiro atoms. The molecule has 0 saturated carbocycles. The quantitative estimate of drug-likeness (QED) is 0.623. The van der Waals surface area contributed by atoms with E-state index < -0.39 is 26.6 Å². The highest BCUT2D eigenvalue weighted by Gasteiger charge is 2.34. The fourth-order valence-electron chi connectivity index (χ4n) is 3.37. The van der Waals surface area contributed by atoms with Gasteiger partial charge in [0.1, 0.15) is 17.3 Å². The second-order valence-electron chi connectivity index (χ2n) is 6.73. The number of aromatic nitrogens is 4. The van der Waals surface area contributed by atoms with E-state index >= 15 is 0 Å². The summed E-state index contributed by atoms with van der Waals surface area (Å²) < 4.78 is 60.0. The molecule has 152 valence electrons. The third kappa shape index (κ3) is 4.01. The van der Waals surface area contributed by atoms with E-state index in [-0.39, 0.29) is 19.0 Å². The highest BCUT2D eigenvalue weighted by atomic mass is 32.2. The molecule has 29 heavy (non-hydrogen) atoms. The number of benzene rings is 1. The summed E-state index contributed by atoms with van der Waals surface area (Å²) in [5.74, 6) is -1.69. The molecular formula is C18H17F2N5O3S. The number of halogens is 2. The smallest absolute Gasteiger partial charge is 0.248 e. The van der Waals surface area contributed by atoms with Crippen molar-refractivity contribution >= 4 is 10.0 Å². The fourth-order valence-corrected chi connectivity index (χ4v) is 5.04. The van der Waals surface area contributed by atoms with E-state index in [9.17, 15) is 17.2 Å². The summed E-state index contributed by atoms with van der Waals surface area (Å²) in [6.07, 6.45) is 6.18. The van der Waals surface area contributed by atoms with Crippen molar-refractivity contribution in [3.05, 3.63) is 54.3 Å². The minimum absolute atomic E-state index is 0.110. The zero-order valence-corrected chi connectivity index (χ0v) is 16.0. The summed E-state index contributed by atoms with van der Waals surface area (Å²) >= 11 is 0. The Morgan fingerprint density at radius 1 is 1.21 bits per heavy atom. The van der Waals surface area contributed by atoms with Gasteiger partial charge in [-0.25, -0.2) is 22.2 Å². The maximum atomic E-state index is 14.0. The maximum Gasteiger partial charge on any atom is 0.248 e. The summed E-state index contributed by atoms with van der Waals surface area (Å²) in [6, 6.07) is 3.00. The first kappa shape index (κ1) is 19.5. The molecule has 0 aliphatic carbocycles. The molecular weight excluding hydrogens is 404 g/mol. The van der Waals surface area contributed by atoms with Crippen LogP contribution in [0.4, 0.5) is 8.78 Å². The van der Waals surface area contributed by atoms with Crippen molar-refractivity contribution in [2.45, 2.75) is 24.2 Å². The molecule has 0 amide bonds. The first-order chi connectivity index (χ1) is 13.9. The van der Waals surface area contributed by atoms with Crippen molar-refractivity contribution in [3.8, 4) is 11.5 Å². The SMILES string of the molecule is O=S(=O)(c1c(F)cccc1F)N1CCCC(Cc2nc(-c3cnccn3)no2)C1. The lowest BCUT2D eigenvalue weighted by molar-refractivity contribution is 0.246. The lowest BCUT2D eigenvalue weighted by Gasteiger charge is -2.31. The highest BCUT2D eigenvalue weighted by molar-refractivity contribution is 7.89. The van der Waals surface area contributed by atoms with E-state index in [2.05, 4.69) is 20.1 Å². The molecule has 1 aromatic carbocycles. The molecule has 4 rings (SSSR count). The molecule has 3 heterocycles. The van der Waals surface area contributed by atoms with E-state index in [1.807, 2.05) is 0 Å². The Morgan fingerprint density at radius 3 is 2.72 bits per heavy atom. The van der Waals surface area contributed by atoms with Gasteiger partial charge < -0.3 is 4.52 Å². The van der Waals surface area contributed by atoms with E-state index in [4.69, 9.17) is 4.52 Å². The van der Waals surface area contributed by atoms with Gasteiger partial charge in [-0.3, -0.25) is 4.98 Å².